The van der Waals surface area contributed by atoms with Crippen LogP contribution in [0.3, 0.4) is 0 Å². The monoisotopic (exact) mass is 645 g/mol. The Balaban J connectivity index is 0.993. The number of fused-ring (bicyclic) bond motifs is 2. The van der Waals surface area contributed by atoms with Crippen molar-refractivity contribution in [1.82, 2.24) is 20.4 Å². The number of carbonyl (C=O) groups excluding carboxylic acids is 3. The van der Waals surface area contributed by atoms with Crippen molar-refractivity contribution in [1.29, 1.82) is 0 Å². The van der Waals surface area contributed by atoms with Crippen LogP contribution in [0.15, 0.2) is 57.7 Å². The molecule has 1 aromatic heterocycles. The van der Waals surface area contributed by atoms with E-state index in [0.717, 1.165) is 32.5 Å². The van der Waals surface area contributed by atoms with Crippen LogP contribution in [0.25, 0.3) is 11.0 Å². The Hall–Kier alpha value is -4.58. The van der Waals surface area contributed by atoms with E-state index in [4.69, 9.17) is 13.9 Å². The Labute approximate surface area is 274 Å². The van der Waals surface area contributed by atoms with Crippen LogP contribution >= 0.6 is 0 Å². The lowest BCUT2D eigenvalue weighted by atomic mass is 9.81. The van der Waals surface area contributed by atoms with E-state index in [1.807, 2.05) is 17.9 Å². The van der Waals surface area contributed by atoms with Crippen LogP contribution in [0.5, 0.6) is 11.5 Å². The van der Waals surface area contributed by atoms with Gasteiger partial charge in [0.2, 0.25) is 18.6 Å². The van der Waals surface area contributed by atoms with Gasteiger partial charge in [-0.3, -0.25) is 14.5 Å². The highest BCUT2D eigenvalue weighted by Gasteiger charge is 2.53. The van der Waals surface area contributed by atoms with Gasteiger partial charge in [-0.1, -0.05) is 37.3 Å². The van der Waals surface area contributed by atoms with Crippen molar-refractivity contribution in [3.63, 3.8) is 0 Å². The van der Waals surface area contributed by atoms with Crippen LogP contribution in [0.2, 0.25) is 0 Å². The van der Waals surface area contributed by atoms with Crippen molar-refractivity contribution in [2.45, 2.75) is 63.5 Å². The van der Waals surface area contributed by atoms with Crippen molar-refractivity contribution in [2.24, 2.45) is 0 Å². The first kappa shape index (κ1) is 32.4. The molecule has 3 aromatic rings. The van der Waals surface area contributed by atoms with Crippen molar-refractivity contribution in [3.8, 4) is 11.5 Å². The fraction of sp³-hybridized carbons (Fsp3) is 0.486. The van der Waals surface area contributed by atoms with Gasteiger partial charge < -0.3 is 34.3 Å². The largest absolute Gasteiger partial charge is 0.454 e. The second kappa shape index (κ2) is 14.0. The maximum atomic E-state index is 13.7. The summed E-state index contributed by atoms with van der Waals surface area (Å²) in [6.07, 6.45) is 4.76. The Morgan fingerprint density at radius 1 is 1.02 bits per heavy atom. The molecule has 2 aromatic carbocycles. The van der Waals surface area contributed by atoms with Gasteiger partial charge in [-0.15, -0.1) is 0 Å². The number of urea groups is 1. The Morgan fingerprint density at radius 2 is 1.77 bits per heavy atom. The third-order valence-corrected chi connectivity index (χ3v) is 9.58. The summed E-state index contributed by atoms with van der Waals surface area (Å²) < 4.78 is 16.1. The smallest absolute Gasteiger partial charge is 0.338 e. The minimum Gasteiger partial charge on any atom is -0.454 e. The maximum absolute atomic E-state index is 13.7. The highest BCUT2D eigenvalue weighted by Crippen LogP contribution is 2.39. The second-order valence-electron chi connectivity index (χ2n) is 12.6. The van der Waals surface area contributed by atoms with Crippen molar-refractivity contribution in [3.05, 3.63) is 64.5 Å². The van der Waals surface area contributed by atoms with Gasteiger partial charge in [0.15, 0.2) is 11.5 Å². The van der Waals surface area contributed by atoms with E-state index in [2.05, 4.69) is 39.8 Å². The average molecular weight is 646 g/mol. The highest BCUT2D eigenvalue weighted by atomic mass is 16.7. The maximum Gasteiger partial charge on any atom is 0.338 e. The van der Waals surface area contributed by atoms with Gasteiger partial charge >= 0.3 is 11.7 Å². The Bertz CT molecular complexity index is 1670. The number of benzene rings is 2. The van der Waals surface area contributed by atoms with Gasteiger partial charge in [0.25, 0.3) is 0 Å². The van der Waals surface area contributed by atoms with Crippen LogP contribution in [-0.2, 0) is 16.0 Å². The van der Waals surface area contributed by atoms with E-state index in [9.17, 15) is 19.2 Å². The van der Waals surface area contributed by atoms with Crippen LogP contribution in [0.1, 0.15) is 51.0 Å². The first-order chi connectivity index (χ1) is 22.8. The summed E-state index contributed by atoms with van der Waals surface area (Å²) in [5, 5.41) is 6.50. The fourth-order valence-corrected chi connectivity index (χ4v) is 6.90. The molecule has 1 atom stereocenters. The third kappa shape index (κ3) is 6.78. The molecule has 6 rings (SSSR count). The summed E-state index contributed by atoms with van der Waals surface area (Å²) in [6.45, 7) is 5.53. The lowest BCUT2D eigenvalue weighted by molar-refractivity contribution is -0.161. The van der Waals surface area contributed by atoms with Gasteiger partial charge in [0.1, 0.15) is 17.2 Å². The number of hydrogen-bond acceptors (Lipinski definition) is 8. The van der Waals surface area contributed by atoms with E-state index in [1.54, 1.807) is 19.2 Å². The number of hydrogen-bond donors (Lipinski definition) is 2. The average Bonchev–Trinajstić information content (AvgIpc) is 3.54. The lowest BCUT2D eigenvalue weighted by Crippen LogP contribution is -2.72. The molecule has 12 nitrogen and oxygen atoms in total. The molecule has 0 unspecified atom stereocenters. The molecular formula is C35H43N5O7. The number of piperazine rings is 1. The van der Waals surface area contributed by atoms with E-state index < -0.39 is 17.2 Å². The zero-order chi connectivity index (χ0) is 33.0. The molecule has 250 valence electrons. The normalized spacial score (nSPS) is 18.9. The minimum absolute atomic E-state index is 0.0105. The van der Waals surface area contributed by atoms with E-state index in [1.165, 1.54) is 16.5 Å². The molecule has 0 aliphatic carbocycles. The number of likely N-dealkylation sites (tertiary alicyclic amines) is 1. The first-order valence-electron chi connectivity index (χ1n) is 16.6. The predicted molar refractivity (Wildman–Crippen MR) is 177 cm³/mol. The summed E-state index contributed by atoms with van der Waals surface area (Å²) in [4.78, 5) is 58.2. The molecular weight excluding hydrogens is 602 g/mol. The number of amides is 4. The summed E-state index contributed by atoms with van der Waals surface area (Å²) in [6, 6.07) is 14.0. The SMILES string of the molecule is CCCN1C(=O)[C@H](CCCCNC(=O)N(C)c2cc(=O)oc3cc4c(cc23)OCO4)NC(=O)C12CCN(CCc1ccccc1)CC2. The first-order valence-corrected chi connectivity index (χ1v) is 16.6. The fourth-order valence-electron chi connectivity index (χ4n) is 6.90. The number of unbranched alkanes of at least 4 members (excludes halogenated alkanes) is 1. The molecule has 12 heteroatoms. The lowest BCUT2D eigenvalue weighted by Gasteiger charge is -2.51. The van der Waals surface area contributed by atoms with Crippen LogP contribution in [0.4, 0.5) is 10.5 Å². The predicted octanol–water partition coefficient (Wildman–Crippen LogP) is 3.65. The molecule has 4 amide bonds. The number of rotatable bonds is 11. The molecule has 0 radical (unpaired) electrons. The number of nitrogens with zero attached hydrogens (tertiary/aromatic N) is 3. The van der Waals surface area contributed by atoms with Crippen LogP contribution in [-0.4, -0.2) is 85.8 Å². The van der Waals surface area contributed by atoms with Gasteiger partial charge in [0, 0.05) is 57.3 Å². The van der Waals surface area contributed by atoms with Gasteiger partial charge in [-0.2, -0.15) is 0 Å². The number of carbonyl (C=O) groups is 3. The molecule has 3 aliphatic rings. The number of ether oxygens (including phenoxy) is 2. The molecule has 2 saturated heterocycles. The molecule has 1 spiro atoms. The van der Waals surface area contributed by atoms with Crippen molar-refractivity contribution >= 4 is 34.5 Å². The van der Waals surface area contributed by atoms with Crippen LogP contribution < -0.4 is 30.6 Å². The molecule has 0 bridgehead atoms. The quantitative estimate of drug-likeness (QED) is 0.239. The van der Waals surface area contributed by atoms with E-state index in [0.29, 0.717) is 73.3 Å². The Kier molecular flexibility index (Phi) is 9.67. The molecule has 0 saturated carbocycles. The zero-order valence-electron chi connectivity index (χ0n) is 27.1. The van der Waals surface area contributed by atoms with Gasteiger partial charge in [-0.05, 0) is 56.6 Å². The Morgan fingerprint density at radius 3 is 2.51 bits per heavy atom. The molecule has 47 heavy (non-hydrogen) atoms. The number of piperidine rings is 1. The summed E-state index contributed by atoms with van der Waals surface area (Å²) >= 11 is 0. The molecule has 3 aliphatic heterocycles. The minimum atomic E-state index is -0.788. The standard InChI is InChI=1S/C35H43N5O7/c1-3-16-40-32(42)26(37-33(43)35(40)13-18-39(19-14-35)17-12-24-9-5-4-6-10-24)11-7-8-15-36-34(44)38(2)27-21-31(41)47-28-22-30-29(20-25(27)28)45-23-46-30/h4-6,9-10,20-22,26H,3,7-8,11-19,23H2,1-2H3,(H,36,44)(H,37,43)/t26-/m0/s1. The highest BCUT2D eigenvalue weighted by molar-refractivity contribution is 6.02. The van der Waals surface area contributed by atoms with Crippen molar-refractivity contribution in [2.75, 3.05) is 51.5 Å². The summed E-state index contributed by atoms with van der Waals surface area (Å²) in [5.41, 5.74) is 0.604. The topological polar surface area (TPSA) is 134 Å². The summed E-state index contributed by atoms with van der Waals surface area (Å²) in [5.74, 6) is 0.933. The summed E-state index contributed by atoms with van der Waals surface area (Å²) in [7, 11) is 1.58. The van der Waals surface area contributed by atoms with E-state index >= 15 is 0 Å². The van der Waals surface area contributed by atoms with E-state index in [-0.39, 0.29) is 24.6 Å². The van der Waals surface area contributed by atoms with Crippen LogP contribution in [0, 0.1) is 0 Å². The van der Waals surface area contributed by atoms with Gasteiger partial charge in [0.05, 0.1) is 5.69 Å². The van der Waals surface area contributed by atoms with Gasteiger partial charge in [-0.25, -0.2) is 9.59 Å². The van der Waals surface area contributed by atoms with Crippen molar-refractivity contribution < 1.29 is 28.3 Å². The zero-order valence-corrected chi connectivity index (χ0v) is 27.1. The second-order valence-corrected chi connectivity index (χ2v) is 12.6. The molecule has 2 N–H and O–H groups in total. The number of nitrogens with one attached hydrogen (secondary N) is 2. The number of anilines is 1. The molecule has 2 fully saturated rings. The molecule has 4 heterocycles. The third-order valence-electron chi connectivity index (χ3n) is 9.58.